The van der Waals surface area contributed by atoms with Gasteiger partial charge in [0, 0.05) is 18.1 Å². The number of alkyl halides is 3. The molecule has 2 bridgehead atoms. The Morgan fingerprint density at radius 1 is 1.04 bits per heavy atom. The Morgan fingerprint density at radius 3 is 2.00 bits per heavy atom. The molecule has 152 valence electrons. The first-order valence-electron chi connectivity index (χ1n) is 8.22. The van der Waals surface area contributed by atoms with Gasteiger partial charge < -0.3 is 4.74 Å². The summed E-state index contributed by atoms with van der Waals surface area (Å²) in [6, 6.07) is 3.00. The van der Waals surface area contributed by atoms with Gasteiger partial charge in [0.05, 0.1) is 11.2 Å². The Kier molecular flexibility index (Phi) is 5.21. The zero-order valence-corrected chi connectivity index (χ0v) is 15.9. The van der Waals surface area contributed by atoms with Crippen LogP contribution in [0.5, 0.6) is 5.75 Å². The second-order valence-electron chi connectivity index (χ2n) is 6.79. The number of nitrogens with zero attached hydrogens (tertiary/aromatic N) is 1. The van der Waals surface area contributed by atoms with Crippen LogP contribution in [0.25, 0.3) is 0 Å². The zero-order chi connectivity index (χ0) is 20.0. The predicted molar refractivity (Wildman–Crippen MR) is 90.0 cm³/mol. The normalized spacial score (nSPS) is 26.9. The number of benzene rings is 1. The average molecular weight is 428 g/mol. The van der Waals surface area contributed by atoms with Gasteiger partial charge in [-0.05, 0) is 49.9 Å². The highest BCUT2D eigenvalue weighted by molar-refractivity contribution is 7.89. The number of sulfonamides is 2. The number of rotatable bonds is 5. The third-order valence-corrected chi connectivity index (χ3v) is 7.64. The molecule has 2 unspecified atom stereocenters. The van der Waals surface area contributed by atoms with Gasteiger partial charge in [-0.2, -0.15) is 4.31 Å². The third-order valence-electron chi connectivity index (χ3n) is 4.74. The minimum Gasteiger partial charge on any atom is -0.406 e. The Hall–Kier alpha value is -1.37. The maximum absolute atomic E-state index is 12.5. The number of hydrogen-bond acceptors (Lipinski definition) is 5. The summed E-state index contributed by atoms with van der Waals surface area (Å²) in [6.45, 7) is 0. The van der Waals surface area contributed by atoms with E-state index in [9.17, 15) is 30.0 Å². The van der Waals surface area contributed by atoms with Crippen molar-refractivity contribution in [2.45, 2.75) is 55.1 Å². The van der Waals surface area contributed by atoms with Gasteiger partial charge in [-0.25, -0.2) is 21.6 Å². The Balaban J connectivity index is 1.69. The van der Waals surface area contributed by atoms with Gasteiger partial charge in [0.25, 0.3) is 0 Å². The van der Waals surface area contributed by atoms with Crippen LogP contribution in [0, 0.1) is 0 Å². The summed E-state index contributed by atoms with van der Waals surface area (Å²) in [5.74, 6) is -0.513. The first-order valence-corrected chi connectivity index (χ1v) is 11.5. The summed E-state index contributed by atoms with van der Waals surface area (Å²) >= 11 is 0. The summed E-state index contributed by atoms with van der Waals surface area (Å²) in [4.78, 5) is -0.185. The fourth-order valence-electron chi connectivity index (χ4n) is 3.88. The molecule has 2 heterocycles. The van der Waals surface area contributed by atoms with E-state index in [1.807, 2.05) is 0 Å². The molecule has 2 saturated heterocycles. The van der Waals surface area contributed by atoms with Crippen molar-refractivity contribution in [3.05, 3.63) is 24.3 Å². The molecule has 2 aliphatic rings. The van der Waals surface area contributed by atoms with Crippen LogP contribution in [0.3, 0.4) is 0 Å². The highest BCUT2D eigenvalue weighted by Crippen LogP contribution is 2.38. The molecule has 1 aromatic carbocycles. The molecule has 0 amide bonds. The lowest BCUT2D eigenvalue weighted by molar-refractivity contribution is -0.274. The molecular formula is C15H19F3N2O5S2. The topological polar surface area (TPSA) is 92.8 Å². The Labute approximate surface area is 155 Å². The molecule has 1 aromatic rings. The summed E-state index contributed by atoms with van der Waals surface area (Å²) < 4.78 is 93.0. The van der Waals surface area contributed by atoms with Gasteiger partial charge in [-0.3, -0.25) is 0 Å². The molecule has 0 radical (unpaired) electrons. The van der Waals surface area contributed by atoms with Gasteiger partial charge in [0.2, 0.25) is 20.0 Å². The van der Waals surface area contributed by atoms with Crippen LogP contribution in [0.2, 0.25) is 0 Å². The lowest BCUT2D eigenvalue weighted by atomic mass is 10.0. The molecule has 7 nitrogen and oxygen atoms in total. The van der Waals surface area contributed by atoms with Crippen LogP contribution in [0.1, 0.15) is 25.7 Å². The van der Waals surface area contributed by atoms with Crippen LogP contribution in [0.15, 0.2) is 29.2 Å². The quantitative estimate of drug-likeness (QED) is 0.772. The van der Waals surface area contributed by atoms with Crippen molar-refractivity contribution >= 4 is 20.0 Å². The van der Waals surface area contributed by atoms with Crippen LogP contribution in [-0.4, -0.2) is 51.9 Å². The number of fused-ring (bicyclic) bond motifs is 2. The smallest absolute Gasteiger partial charge is 0.406 e. The molecule has 0 aromatic heterocycles. The number of piperidine rings is 1. The van der Waals surface area contributed by atoms with E-state index >= 15 is 0 Å². The summed E-state index contributed by atoms with van der Waals surface area (Å²) in [5.41, 5.74) is 0. The van der Waals surface area contributed by atoms with Crippen molar-refractivity contribution in [2.24, 2.45) is 0 Å². The first-order chi connectivity index (χ1) is 12.4. The lowest BCUT2D eigenvalue weighted by Crippen LogP contribution is -2.51. The average Bonchev–Trinajstić information content (AvgIpc) is 2.78. The Morgan fingerprint density at radius 2 is 1.56 bits per heavy atom. The first kappa shape index (κ1) is 20.4. The van der Waals surface area contributed by atoms with E-state index in [1.54, 1.807) is 0 Å². The van der Waals surface area contributed by atoms with Crippen molar-refractivity contribution in [3.8, 4) is 5.75 Å². The van der Waals surface area contributed by atoms with Gasteiger partial charge >= 0.3 is 6.36 Å². The van der Waals surface area contributed by atoms with Crippen LogP contribution >= 0.6 is 0 Å². The molecule has 0 aliphatic carbocycles. The zero-order valence-electron chi connectivity index (χ0n) is 14.3. The molecule has 27 heavy (non-hydrogen) atoms. The second-order valence-corrected chi connectivity index (χ2v) is 10.4. The largest absolute Gasteiger partial charge is 0.573 e. The van der Waals surface area contributed by atoms with E-state index in [0.29, 0.717) is 25.7 Å². The minimum atomic E-state index is -4.86. The maximum Gasteiger partial charge on any atom is 0.573 e. The summed E-state index contributed by atoms with van der Waals surface area (Å²) in [5, 5.41) is 0. The van der Waals surface area contributed by atoms with Crippen molar-refractivity contribution in [2.75, 3.05) is 6.26 Å². The lowest BCUT2D eigenvalue weighted by Gasteiger charge is -2.37. The van der Waals surface area contributed by atoms with E-state index in [1.165, 1.54) is 4.31 Å². The monoisotopic (exact) mass is 428 g/mol. The summed E-state index contributed by atoms with van der Waals surface area (Å²) in [6.07, 6.45) is -1.63. The highest BCUT2D eigenvalue weighted by Gasteiger charge is 2.46. The number of ether oxygens (including phenoxy) is 1. The SMILES string of the molecule is CS(=O)(=O)N1C2CCC1CC(NS(=O)(=O)c1ccc(OC(F)(F)F)cc1)C2. The number of halogens is 3. The fourth-order valence-corrected chi connectivity index (χ4v) is 6.61. The Bertz CT molecular complexity index is 886. The maximum atomic E-state index is 12.5. The molecule has 12 heteroatoms. The number of nitrogens with one attached hydrogen (secondary N) is 1. The van der Waals surface area contributed by atoms with Gasteiger partial charge in [-0.15, -0.1) is 13.2 Å². The molecule has 0 spiro atoms. The number of hydrogen-bond donors (Lipinski definition) is 1. The van der Waals surface area contributed by atoms with Gasteiger partial charge in [0.1, 0.15) is 5.75 Å². The molecule has 2 fully saturated rings. The van der Waals surface area contributed by atoms with Crippen molar-refractivity contribution in [1.29, 1.82) is 0 Å². The fraction of sp³-hybridized carbons (Fsp3) is 0.600. The van der Waals surface area contributed by atoms with Gasteiger partial charge in [-0.1, -0.05) is 0 Å². The van der Waals surface area contributed by atoms with Gasteiger partial charge in [0.15, 0.2) is 0 Å². The van der Waals surface area contributed by atoms with E-state index < -0.39 is 38.2 Å². The van der Waals surface area contributed by atoms with Crippen molar-refractivity contribution in [1.82, 2.24) is 9.03 Å². The molecule has 3 rings (SSSR count). The van der Waals surface area contributed by atoms with Crippen LogP contribution < -0.4 is 9.46 Å². The molecular weight excluding hydrogens is 409 g/mol. The molecule has 2 atom stereocenters. The molecule has 2 aliphatic heterocycles. The van der Waals surface area contributed by atoms with Crippen LogP contribution in [-0.2, 0) is 20.0 Å². The summed E-state index contributed by atoms with van der Waals surface area (Å²) in [7, 11) is -7.30. The van der Waals surface area contributed by atoms with E-state index in [0.717, 1.165) is 30.5 Å². The second kappa shape index (κ2) is 6.90. The molecule has 1 N–H and O–H groups in total. The van der Waals surface area contributed by atoms with Crippen LogP contribution in [0.4, 0.5) is 13.2 Å². The third kappa shape index (κ3) is 4.73. The minimum absolute atomic E-state index is 0.185. The standard InChI is InChI=1S/C15H19F3N2O5S2/c1-26(21,22)20-11-2-3-12(20)9-10(8-11)19-27(23,24)14-6-4-13(5-7-14)25-15(16,17)18/h4-7,10-12,19H,2-3,8-9H2,1H3. The van der Waals surface area contributed by atoms with E-state index in [-0.39, 0.29) is 17.0 Å². The van der Waals surface area contributed by atoms with Crippen molar-refractivity contribution in [3.63, 3.8) is 0 Å². The predicted octanol–water partition coefficient (Wildman–Crippen LogP) is 1.82. The van der Waals surface area contributed by atoms with Crippen molar-refractivity contribution < 1.29 is 34.7 Å². The van der Waals surface area contributed by atoms with E-state index in [4.69, 9.17) is 0 Å². The highest BCUT2D eigenvalue weighted by atomic mass is 32.2. The molecule has 0 saturated carbocycles. The van der Waals surface area contributed by atoms with E-state index in [2.05, 4.69) is 9.46 Å².